The van der Waals surface area contributed by atoms with Gasteiger partial charge >= 0.3 is 12.1 Å². The van der Waals surface area contributed by atoms with E-state index in [1.807, 2.05) is 48.5 Å². The van der Waals surface area contributed by atoms with Crippen LogP contribution in [0.15, 0.2) is 72.8 Å². The number of alkyl carbamates (subject to hydrolysis) is 1. The van der Waals surface area contributed by atoms with Gasteiger partial charge in [-0.2, -0.15) is 0 Å². The van der Waals surface area contributed by atoms with E-state index in [9.17, 15) is 9.59 Å². The SMILES string of the molecule is COC(=O)[C@H](Cc1ccc(OCc2cccc(-c3ccccc3)c2C)cc1)NC(=O)OC(C)(C)C. The molecule has 3 aromatic carbocycles. The number of rotatable bonds is 8. The van der Waals surface area contributed by atoms with Crippen LogP contribution in [0, 0.1) is 6.92 Å². The fourth-order valence-corrected chi connectivity index (χ4v) is 3.67. The Kier molecular flexibility index (Phi) is 8.53. The van der Waals surface area contributed by atoms with Gasteiger partial charge in [-0.1, -0.05) is 60.7 Å². The summed E-state index contributed by atoms with van der Waals surface area (Å²) in [6.07, 6.45) is -0.398. The van der Waals surface area contributed by atoms with E-state index in [4.69, 9.17) is 14.2 Å². The van der Waals surface area contributed by atoms with Crippen LogP contribution in [-0.4, -0.2) is 30.8 Å². The summed E-state index contributed by atoms with van der Waals surface area (Å²) in [7, 11) is 1.29. The zero-order valence-electron chi connectivity index (χ0n) is 21.0. The van der Waals surface area contributed by atoms with Crippen molar-refractivity contribution in [1.82, 2.24) is 5.32 Å². The van der Waals surface area contributed by atoms with Gasteiger partial charge in [0.15, 0.2) is 0 Å². The van der Waals surface area contributed by atoms with E-state index in [1.54, 1.807) is 20.8 Å². The molecule has 0 aliphatic carbocycles. The molecule has 35 heavy (non-hydrogen) atoms. The number of carbonyl (C=O) groups is 2. The molecule has 0 aliphatic heterocycles. The lowest BCUT2D eigenvalue weighted by atomic mass is 9.97. The van der Waals surface area contributed by atoms with Crippen molar-refractivity contribution < 1.29 is 23.8 Å². The second kappa shape index (κ2) is 11.6. The quantitative estimate of drug-likeness (QED) is 0.414. The molecule has 0 aromatic heterocycles. The maximum absolute atomic E-state index is 12.2. The molecule has 0 unspecified atom stereocenters. The maximum atomic E-state index is 12.2. The summed E-state index contributed by atoms with van der Waals surface area (Å²) in [5.41, 5.74) is 4.85. The Balaban J connectivity index is 1.63. The lowest BCUT2D eigenvalue weighted by Crippen LogP contribution is -2.45. The Morgan fingerprint density at radius 3 is 2.23 bits per heavy atom. The first-order chi connectivity index (χ1) is 16.7. The van der Waals surface area contributed by atoms with Crippen LogP contribution in [0.4, 0.5) is 4.79 Å². The van der Waals surface area contributed by atoms with E-state index >= 15 is 0 Å². The van der Waals surface area contributed by atoms with Gasteiger partial charge in [0.2, 0.25) is 0 Å². The molecule has 1 atom stereocenters. The number of amides is 1. The van der Waals surface area contributed by atoms with Crippen molar-refractivity contribution in [1.29, 1.82) is 0 Å². The third-order valence-electron chi connectivity index (χ3n) is 5.46. The highest BCUT2D eigenvalue weighted by Crippen LogP contribution is 2.26. The second-order valence-electron chi connectivity index (χ2n) is 9.31. The van der Waals surface area contributed by atoms with Crippen LogP contribution >= 0.6 is 0 Å². The fourth-order valence-electron chi connectivity index (χ4n) is 3.67. The average molecular weight is 476 g/mol. The molecule has 0 heterocycles. The highest BCUT2D eigenvalue weighted by Gasteiger charge is 2.25. The highest BCUT2D eigenvalue weighted by molar-refractivity contribution is 5.81. The Bertz CT molecular complexity index is 1130. The van der Waals surface area contributed by atoms with Crippen molar-refractivity contribution in [3.05, 3.63) is 89.5 Å². The van der Waals surface area contributed by atoms with Gasteiger partial charge in [-0.3, -0.25) is 0 Å². The van der Waals surface area contributed by atoms with Crippen LogP contribution in [0.25, 0.3) is 11.1 Å². The molecular formula is C29H33NO5. The molecule has 0 bridgehead atoms. The Morgan fingerprint density at radius 1 is 0.914 bits per heavy atom. The topological polar surface area (TPSA) is 73.9 Å². The molecule has 0 fully saturated rings. The van der Waals surface area contributed by atoms with Gasteiger partial charge in [-0.25, -0.2) is 9.59 Å². The molecule has 6 heteroatoms. The van der Waals surface area contributed by atoms with Crippen molar-refractivity contribution in [2.45, 2.75) is 52.4 Å². The Labute approximate surface area is 207 Å². The zero-order chi connectivity index (χ0) is 25.4. The molecule has 0 saturated heterocycles. The number of hydrogen-bond acceptors (Lipinski definition) is 5. The minimum absolute atomic E-state index is 0.268. The first-order valence-electron chi connectivity index (χ1n) is 11.6. The van der Waals surface area contributed by atoms with E-state index in [2.05, 4.69) is 36.5 Å². The predicted molar refractivity (Wildman–Crippen MR) is 136 cm³/mol. The molecule has 0 aliphatic rings. The highest BCUT2D eigenvalue weighted by atomic mass is 16.6. The molecule has 0 spiro atoms. The average Bonchev–Trinajstić information content (AvgIpc) is 2.82. The smallest absolute Gasteiger partial charge is 0.408 e. The molecular weight excluding hydrogens is 442 g/mol. The number of benzene rings is 3. The Morgan fingerprint density at radius 2 is 1.60 bits per heavy atom. The third-order valence-corrected chi connectivity index (χ3v) is 5.46. The standard InChI is InChI=1S/C29H33NO5/c1-20-23(12-9-13-25(20)22-10-7-6-8-11-22)19-34-24-16-14-21(15-17-24)18-26(27(31)33-5)30-28(32)35-29(2,3)4/h6-17,26H,18-19H2,1-5H3,(H,30,32)/t26-/m0/s1. The molecule has 0 saturated carbocycles. The minimum Gasteiger partial charge on any atom is -0.489 e. The van der Waals surface area contributed by atoms with E-state index in [-0.39, 0.29) is 6.42 Å². The number of carbonyl (C=O) groups excluding carboxylic acids is 2. The number of nitrogens with one attached hydrogen (secondary N) is 1. The first-order valence-corrected chi connectivity index (χ1v) is 11.6. The predicted octanol–water partition coefficient (Wildman–Crippen LogP) is 5.85. The van der Waals surface area contributed by atoms with Crippen molar-refractivity contribution >= 4 is 12.1 Å². The van der Waals surface area contributed by atoms with E-state index in [0.29, 0.717) is 12.4 Å². The van der Waals surface area contributed by atoms with Crippen LogP contribution in [-0.2, 0) is 27.3 Å². The Hall–Kier alpha value is -3.80. The van der Waals surface area contributed by atoms with Crippen LogP contribution < -0.4 is 10.1 Å². The van der Waals surface area contributed by atoms with Crippen LogP contribution in [0.5, 0.6) is 5.75 Å². The lowest BCUT2D eigenvalue weighted by molar-refractivity contribution is -0.143. The van der Waals surface area contributed by atoms with Crippen molar-refractivity contribution in [2.75, 3.05) is 7.11 Å². The van der Waals surface area contributed by atoms with Gasteiger partial charge in [0.25, 0.3) is 0 Å². The van der Waals surface area contributed by atoms with Crippen LogP contribution in [0.1, 0.15) is 37.5 Å². The normalized spacial score (nSPS) is 11.9. The summed E-state index contributed by atoms with van der Waals surface area (Å²) in [5, 5.41) is 2.59. The number of esters is 1. The van der Waals surface area contributed by atoms with Crippen LogP contribution in [0.3, 0.4) is 0 Å². The van der Waals surface area contributed by atoms with Crippen molar-refractivity contribution in [2.24, 2.45) is 0 Å². The molecule has 184 valence electrons. The largest absolute Gasteiger partial charge is 0.489 e. The fraction of sp³-hybridized carbons (Fsp3) is 0.310. The molecule has 3 aromatic rings. The number of methoxy groups -OCH3 is 1. The van der Waals surface area contributed by atoms with Gasteiger partial charge in [-0.15, -0.1) is 0 Å². The molecule has 1 N–H and O–H groups in total. The third kappa shape index (κ3) is 7.60. The second-order valence-corrected chi connectivity index (χ2v) is 9.31. The summed E-state index contributed by atoms with van der Waals surface area (Å²) < 4.78 is 16.1. The van der Waals surface area contributed by atoms with E-state index < -0.39 is 23.7 Å². The van der Waals surface area contributed by atoms with Gasteiger partial charge in [0.05, 0.1) is 7.11 Å². The van der Waals surface area contributed by atoms with Gasteiger partial charge < -0.3 is 19.5 Å². The van der Waals surface area contributed by atoms with Gasteiger partial charge in [0, 0.05) is 6.42 Å². The number of ether oxygens (including phenoxy) is 3. The summed E-state index contributed by atoms with van der Waals surface area (Å²) >= 11 is 0. The van der Waals surface area contributed by atoms with E-state index in [0.717, 1.165) is 11.1 Å². The van der Waals surface area contributed by atoms with Gasteiger partial charge in [0.1, 0.15) is 24.0 Å². The zero-order valence-corrected chi connectivity index (χ0v) is 21.0. The van der Waals surface area contributed by atoms with Gasteiger partial charge in [-0.05, 0) is 67.6 Å². The summed E-state index contributed by atoms with van der Waals surface area (Å²) in [5.74, 6) is 0.179. The van der Waals surface area contributed by atoms with Crippen molar-refractivity contribution in [3.8, 4) is 16.9 Å². The number of hydrogen-bond donors (Lipinski definition) is 1. The lowest BCUT2D eigenvalue weighted by Gasteiger charge is -2.22. The van der Waals surface area contributed by atoms with Crippen molar-refractivity contribution in [3.63, 3.8) is 0 Å². The van der Waals surface area contributed by atoms with E-state index in [1.165, 1.54) is 23.8 Å². The first kappa shape index (κ1) is 25.8. The summed E-state index contributed by atoms with van der Waals surface area (Å²) in [4.78, 5) is 24.3. The molecule has 0 radical (unpaired) electrons. The molecule has 3 rings (SSSR count). The maximum Gasteiger partial charge on any atom is 0.408 e. The molecule has 6 nitrogen and oxygen atoms in total. The summed E-state index contributed by atoms with van der Waals surface area (Å²) in [6, 6.07) is 23.1. The minimum atomic E-state index is -0.856. The van der Waals surface area contributed by atoms with Crippen LogP contribution in [0.2, 0.25) is 0 Å². The summed E-state index contributed by atoms with van der Waals surface area (Å²) in [6.45, 7) is 7.83. The molecule has 1 amide bonds. The monoisotopic (exact) mass is 475 g/mol.